The summed E-state index contributed by atoms with van der Waals surface area (Å²) in [4.78, 5) is 24.9. The van der Waals surface area contributed by atoms with E-state index in [1.54, 1.807) is 24.3 Å². The van der Waals surface area contributed by atoms with Gasteiger partial charge in [0.15, 0.2) is 22.6 Å². The van der Waals surface area contributed by atoms with Crippen LogP contribution in [0.2, 0.25) is 0 Å². The molecule has 0 bridgehead atoms. The van der Waals surface area contributed by atoms with Gasteiger partial charge in [0, 0.05) is 21.6 Å². The fourth-order valence-corrected chi connectivity index (χ4v) is 3.01. The van der Waals surface area contributed by atoms with Crippen LogP contribution in [-0.4, -0.2) is 20.3 Å². The Labute approximate surface area is 112 Å². The number of carbonyl (C=O) groups excluding carboxylic acids is 2. The molecule has 0 heterocycles. The highest BCUT2D eigenvalue weighted by Gasteiger charge is 2.38. The predicted molar refractivity (Wildman–Crippen MR) is 70.1 cm³/mol. The lowest BCUT2D eigenvalue weighted by Gasteiger charge is -2.27. The monoisotopic (exact) mass is 274 g/mol. The third kappa shape index (κ3) is 1.82. The minimum Gasteiger partial charge on any atom is -0.302 e. The Hall–Kier alpha value is -1.85. The van der Waals surface area contributed by atoms with Crippen LogP contribution in [0.15, 0.2) is 46.9 Å². The first-order chi connectivity index (χ1) is 9.09. The Morgan fingerprint density at radius 3 is 2.47 bits per heavy atom. The maximum Gasteiger partial charge on any atom is 0.190 e. The molecular weight excluding hydrogens is 264 g/mol. The zero-order valence-corrected chi connectivity index (χ0v) is 10.6. The molecule has 0 saturated heterocycles. The lowest BCUT2D eigenvalue weighted by molar-refractivity contribution is 0.0882. The molecule has 1 aromatic carbocycles. The van der Waals surface area contributed by atoms with Gasteiger partial charge >= 0.3 is 0 Å². The second kappa shape index (κ2) is 4.36. The van der Waals surface area contributed by atoms with Gasteiger partial charge in [-0.3, -0.25) is 9.59 Å². The lowest BCUT2D eigenvalue weighted by Crippen LogP contribution is -2.31. The van der Waals surface area contributed by atoms with Crippen LogP contribution < -0.4 is 0 Å². The van der Waals surface area contributed by atoms with E-state index < -0.39 is 17.0 Å². The van der Waals surface area contributed by atoms with Crippen LogP contribution in [0.25, 0.3) is 0 Å². The van der Waals surface area contributed by atoms with E-state index in [4.69, 9.17) is 4.55 Å². The van der Waals surface area contributed by atoms with Gasteiger partial charge in [-0.05, 0) is 12.5 Å². The molecule has 2 aliphatic rings. The third-order valence-corrected chi connectivity index (χ3v) is 4.22. The van der Waals surface area contributed by atoms with E-state index in [1.807, 2.05) is 0 Å². The van der Waals surface area contributed by atoms with Crippen molar-refractivity contribution in [2.75, 3.05) is 0 Å². The average molecular weight is 274 g/mol. The Bertz CT molecular complexity index is 684. The van der Waals surface area contributed by atoms with Gasteiger partial charge in [0.25, 0.3) is 0 Å². The largest absolute Gasteiger partial charge is 0.302 e. The normalized spacial score (nSPS) is 23.1. The van der Waals surface area contributed by atoms with Crippen molar-refractivity contribution in [1.82, 2.24) is 0 Å². The second-order valence-corrected chi connectivity index (χ2v) is 5.52. The van der Waals surface area contributed by atoms with E-state index in [2.05, 4.69) is 0 Å². The Balaban J connectivity index is 2.14. The fourth-order valence-electron chi connectivity index (χ4n) is 2.51. The van der Waals surface area contributed by atoms with Crippen LogP contribution in [0.3, 0.4) is 0 Å². The molecule has 2 aliphatic carbocycles. The molecule has 1 N–H and O–H groups in total. The minimum absolute atomic E-state index is 0.133. The number of allylic oxidation sites excluding steroid dienone is 4. The van der Waals surface area contributed by atoms with Gasteiger partial charge in [0.2, 0.25) is 0 Å². The number of fused-ring (bicyclic) bond motifs is 2. The summed E-state index contributed by atoms with van der Waals surface area (Å²) in [6.07, 6.45) is 3.09. The van der Waals surface area contributed by atoms with Crippen molar-refractivity contribution in [1.29, 1.82) is 0 Å². The second-order valence-electron chi connectivity index (χ2n) is 4.50. The predicted octanol–water partition coefficient (Wildman–Crippen LogP) is 2.12. The van der Waals surface area contributed by atoms with Crippen LogP contribution in [0, 0.1) is 5.92 Å². The molecular formula is C14H10O4S. The fraction of sp³-hybridized carbons (Fsp3) is 0.143. The number of carbonyl (C=O) groups is 2. The van der Waals surface area contributed by atoms with Crippen LogP contribution in [0.4, 0.5) is 0 Å². The van der Waals surface area contributed by atoms with Gasteiger partial charge in [-0.2, -0.15) is 0 Å². The molecule has 0 aliphatic heterocycles. The highest BCUT2D eigenvalue weighted by molar-refractivity contribution is 7.83. The Kier molecular flexibility index (Phi) is 2.80. The molecule has 0 amide bonds. The summed E-state index contributed by atoms with van der Waals surface area (Å²) in [6.45, 7) is 0. The van der Waals surface area contributed by atoms with E-state index in [1.165, 1.54) is 12.2 Å². The molecule has 2 unspecified atom stereocenters. The van der Waals surface area contributed by atoms with Crippen molar-refractivity contribution in [3.63, 3.8) is 0 Å². The summed E-state index contributed by atoms with van der Waals surface area (Å²) in [5.41, 5.74) is 1.23. The quantitative estimate of drug-likeness (QED) is 0.796. The topological polar surface area (TPSA) is 71.4 Å². The molecule has 0 saturated carbocycles. The summed E-state index contributed by atoms with van der Waals surface area (Å²) in [5, 5.41) is 0. The molecule has 0 aromatic heterocycles. The first-order valence-electron chi connectivity index (χ1n) is 5.79. The first-order valence-corrected chi connectivity index (χ1v) is 6.90. The van der Waals surface area contributed by atoms with Crippen molar-refractivity contribution >= 4 is 22.6 Å². The van der Waals surface area contributed by atoms with E-state index in [0.29, 0.717) is 16.7 Å². The molecule has 96 valence electrons. The van der Waals surface area contributed by atoms with Crippen LogP contribution in [-0.2, 0) is 11.1 Å². The molecule has 4 nitrogen and oxygen atoms in total. The van der Waals surface area contributed by atoms with E-state index in [9.17, 15) is 13.8 Å². The smallest absolute Gasteiger partial charge is 0.190 e. The van der Waals surface area contributed by atoms with Crippen LogP contribution in [0.1, 0.15) is 27.1 Å². The minimum atomic E-state index is -2.10. The van der Waals surface area contributed by atoms with Gasteiger partial charge < -0.3 is 4.55 Å². The van der Waals surface area contributed by atoms with Crippen molar-refractivity contribution in [3.8, 4) is 0 Å². The lowest BCUT2D eigenvalue weighted by atomic mass is 9.75. The Morgan fingerprint density at radius 2 is 1.79 bits per heavy atom. The molecule has 0 radical (unpaired) electrons. The Morgan fingerprint density at radius 1 is 1.11 bits per heavy atom. The molecule has 3 rings (SSSR count). The summed E-state index contributed by atoms with van der Waals surface area (Å²) in [7, 11) is 0. The molecule has 19 heavy (non-hydrogen) atoms. The number of rotatable bonds is 1. The average Bonchev–Trinajstić information content (AvgIpc) is 2.44. The number of Topliss-reactive ketones (excluding diaryl/α,β-unsaturated/α-hetero) is 2. The molecule has 2 atom stereocenters. The molecule has 1 aromatic rings. The van der Waals surface area contributed by atoms with Crippen molar-refractivity contribution in [2.45, 2.75) is 6.42 Å². The molecule has 0 fully saturated rings. The van der Waals surface area contributed by atoms with Gasteiger partial charge in [-0.15, -0.1) is 0 Å². The van der Waals surface area contributed by atoms with Gasteiger partial charge in [0.05, 0.1) is 5.92 Å². The van der Waals surface area contributed by atoms with Gasteiger partial charge in [0.1, 0.15) is 0 Å². The van der Waals surface area contributed by atoms with E-state index in [-0.39, 0.29) is 22.9 Å². The maximum atomic E-state index is 12.4. The molecule has 5 heteroatoms. The number of ketones is 2. The zero-order valence-electron chi connectivity index (χ0n) is 9.83. The van der Waals surface area contributed by atoms with E-state index in [0.717, 1.165) is 0 Å². The van der Waals surface area contributed by atoms with E-state index >= 15 is 0 Å². The summed E-state index contributed by atoms with van der Waals surface area (Å²) < 4.78 is 20.2. The summed E-state index contributed by atoms with van der Waals surface area (Å²) in [5.74, 6) is -0.949. The first kappa shape index (κ1) is 12.2. The van der Waals surface area contributed by atoms with Gasteiger partial charge in [-0.25, -0.2) is 4.21 Å². The SMILES string of the molecule is O=C1C2=CC=C(S(=O)O)CC2C(=O)c2ccccc21. The van der Waals surface area contributed by atoms with Crippen LogP contribution >= 0.6 is 0 Å². The summed E-state index contributed by atoms with van der Waals surface area (Å²) in [6, 6.07) is 6.69. The number of hydrogen-bond acceptors (Lipinski definition) is 3. The third-order valence-electron chi connectivity index (χ3n) is 3.47. The van der Waals surface area contributed by atoms with Crippen molar-refractivity contribution in [3.05, 3.63) is 58.0 Å². The van der Waals surface area contributed by atoms with Crippen molar-refractivity contribution < 1.29 is 18.4 Å². The highest BCUT2D eigenvalue weighted by Crippen LogP contribution is 2.36. The van der Waals surface area contributed by atoms with Crippen molar-refractivity contribution in [2.24, 2.45) is 5.92 Å². The number of benzene rings is 1. The maximum absolute atomic E-state index is 12.4. The summed E-state index contributed by atoms with van der Waals surface area (Å²) >= 11 is -2.10. The highest BCUT2D eigenvalue weighted by atomic mass is 32.2. The zero-order chi connectivity index (χ0) is 13.6. The number of hydrogen-bond donors (Lipinski definition) is 1. The standard InChI is InChI=1S/C14H10O4S/c15-13-9-3-1-2-4-10(9)14(16)12-7-8(19(17)18)5-6-11(12)13/h1-6,12H,7H2,(H,17,18). The van der Waals surface area contributed by atoms with Gasteiger partial charge in [-0.1, -0.05) is 30.3 Å². The molecule has 0 spiro atoms. The van der Waals surface area contributed by atoms with Crippen LogP contribution in [0.5, 0.6) is 0 Å².